The highest BCUT2D eigenvalue weighted by molar-refractivity contribution is 5.80. The van der Waals surface area contributed by atoms with E-state index in [0.717, 1.165) is 19.3 Å². The monoisotopic (exact) mass is 114 g/mol. The molecule has 0 N–H and O–H groups in total. The van der Waals surface area contributed by atoms with Crippen molar-refractivity contribution in [2.45, 2.75) is 33.6 Å². The molecule has 8 heavy (non-hydrogen) atoms. The summed E-state index contributed by atoms with van der Waals surface area (Å²) in [4.78, 5) is 10.5. The molecule has 0 aromatic rings. The van der Waals surface area contributed by atoms with E-state index in [0.29, 0.717) is 11.7 Å². The lowest BCUT2D eigenvalue weighted by Crippen LogP contribution is -1.86. The Bertz CT molecular complexity index is 86.4. The molecule has 1 unspecified atom stereocenters. The second-order valence-corrected chi connectivity index (χ2v) is 2.39. The van der Waals surface area contributed by atoms with Crippen LogP contribution in [0.1, 0.15) is 33.6 Å². The lowest BCUT2D eigenvalue weighted by molar-refractivity contribution is -0.117. The minimum Gasteiger partial charge on any atom is -0.300 e. The zero-order chi connectivity index (χ0) is 5.28. The minimum atomic E-state index is 0. The Balaban J connectivity index is 0.000000490. The predicted molar refractivity (Wildman–Crippen MR) is 34.8 cm³/mol. The molecule has 0 amide bonds. The first kappa shape index (κ1) is 7.67. The van der Waals surface area contributed by atoms with Crippen LogP contribution in [0.15, 0.2) is 0 Å². The van der Waals surface area contributed by atoms with Crippen molar-refractivity contribution in [2.24, 2.45) is 5.92 Å². The molecule has 0 heterocycles. The summed E-state index contributed by atoms with van der Waals surface area (Å²) in [5.41, 5.74) is 0. The van der Waals surface area contributed by atoms with Gasteiger partial charge in [0, 0.05) is 12.8 Å². The van der Waals surface area contributed by atoms with Gasteiger partial charge in [0.1, 0.15) is 5.78 Å². The molecule has 1 atom stereocenters. The van der Waals surface area contributed by atoms with Crippen LogP contribution in [0, 0.1) is 5.92 Å². The van der Waals surface area contributed by atoms with Crippen LogP contribution in [0.25, 0.3) is 0 Å². The summed E-state index contributed by atoms with van der Waals surface area (Å²) in [5.74, 6) is 1.12. The minimum absolute atomic E-state index is 0. The molecule has 0 aromatic carbocycles. The first-order valence-corrected chi connectivity index (χ1v) is 2.81. The van der Waals surface area contributed by atoms with Gasteiger partial charge in [0.25, 0.3) is 0 Å². The third-order valence-corrected chi connectivity index (χ3v) is 1.49. The van der Waals surface area contributed by atoms with Crippen molar-refractivity contribution in [1.82, 2.24) is 0 Å². The number of rotatable bonds is 0. The largest absolute Gasteiger partial charge is 0.300 e. The quantitative estimate of drug-likeness (QED) is 0.471. The van der Waals surface area contributed by atoms with Crippen molar-refractivity contribution in [3.63, 3.8) is 0 Å². The van der Waals surface area contributed by atoms with Gasteiger partial charge in [-0.1, -0.05) is 14.4 Å². The van der Waals surface area contributed by atoms with Crippen molar-refractivity contribution < 1.29 is 4.79 Å². The van der Waals surface area contributed by atoms with Crippen LogP contribution in [0.3, 0.4) is 0 Å². The van der Waals surface area contributed by atoms with E-state index < -0.39 is 0 Å². The van der Waals surface area contributed by atoms with Gasteiger partial charge >= 0.3 is 0 Å². The number of carbonyl (C=O) groups is 1. The molecular formula is C7H14O. The van der Waals surface area contributed by atoms with E-state index >= 15 is 0 Å². The first-order valence-electron chi connectivity index (χ1n) is 2.81. The molecule has 1 aliphatic carbocycles. The Labute approximate surface area is 51.1 Å². The fourth-order valence-electron chi connectivity index (χ4n) is 1.00. The molecule has 48 valence electrons. The lowest BCUT2D eigenvalue weighted by atomic mass is 10.1. The average molecular weight is 114 g/mol. The molecule has 0 bridgehead atoms. The molecule has 1 fully saturated rings. The topological polar surface area (TPSA) is 17.1 Å². The zero-order valence-electron chi connectivity index (χ0n) is 4.61. The Morgan fingerprint density at radius 3 is 2.38 bits per heavy atom. The van der Waals surface area contributed by atoms with E-state index in [1.165, 1.54) is 0 Å². The van der Waals surface area contributed by atoms with Crippen LogP contribution in [0.4, 0.5) is 0 Å². The van der Waals surface area contributed by atoms with Gasteiger partial charge < -0.3 is 0 Å². The molecular weight excluding hydrogens is 100 g/mol. The molecule has 1 rings (SSSR count). The normalized spacial score (nSPS) is 27.6. The maximum absolute atomic E-state index is 10.5. The van der Waals surface area contributed by atoms with E-state index in [-0.39, 0.29) is 7.43 Å². The third kappa shape index (κ3) is 1.65. The smallest absolute Gasteiger partial charge is 0.133 e. The average Bonchev–Trinajstić information content (AvgIpc) is 1.87. The molecule has 0 aromatic heterocycles. The number of Topliss-reactive ketones (excluding diaryl/α,β-unsaturated/α-hetero) is 1. The fraction of sp³-hybridized carbons (Fsp3) is 0.857. The number of ketones is 1. The van der Waals surface area contributed by atoms with Gasteiger partial charge in [-0.25, -0.2) is 0 Å². The van der Waals surface area contributed by atoms with E-state index in [1.54, 1.807) is 0 Å². The van der Waals surface area contributed by atoms with Crippen LogP contribution in [-0.4, -0.2) is 5.78 Å². The summed E-state index contributed by atoms with van der Waals surface area (Å²) in [5, 5.41) is 0. The van der Waals surface area contributed by atoms with Crippen molar-refractivity contribution in [1.29, 1.82) is 0 Å². The number of carbonyl (C=O) groups excluding carboxylic acids is 1. The molecule has 1 saturated carbocycles. The van der Waals surface area contributed by atoms with Gasteiger partial charge in [-0.3, -0.25) is 4.79 Å². The predicted octanol–water partition coefficient (Wildman–Crippen LogP) is 2.01. The van der Waals surface area contributed by atoms with Crippen molar-refractivity contribution in [3.8, 4) is 0 Å². The van der Waals surface area contributed by atoms with Crippen molar-refractivity contribution in [3.05, 3.63) is 0 Å². The number of hydrogen-bond donors (Lipinski definition) is 0. The van der Waals surface area contributed by atoms with Crippen molar-refractivity contribution >= 4 is 5.78 Å². The second kappa shape index (κ2) is 2.85. The summed E-state index contributed by atoms with van der Waals surface area (Å²) in [6, 6.07) is 0. The van der Waals surface area contributed by atoms with Gasteiger partial charge in [0.15, 0.2) is 0 Å². The molecule has 0 radical (unpaired) electrons. The Morgan fingerprint density at radius 1 is 1.62 bits per heavy atom. The van der Waals surface area contributed by atoms with Gasteiger partial charge in [-0.15, -0.1) is 0 Å². The van der Waals surface area contributed by atoms with Crippen LogP contribution in [0.5, 0.6) is 0 Å². The highest BCUT2D eigenvalue weighted by Crippen LogP contribution is 2.19. The third-order valence-electron chi connectivity index (χ3n) is 1.49. The lowest BCUT2D eigenvalue weighted by Gasteiger charge is -1.90. The van der Waals surface area contributed by atoms with Gasteiger partial charge in [-0.2, -0.15) is 0 Å². The summed E-state index contributed by atoms with van der Waals surface area (Å²) in [6.45, 7) is 2.13. The van der Waals surface area contributed by atoms with E-state index in [2.05, 4.69) is 6.92 Å². The zero-order valence-corrected chi connectivity index (χ0v) is 4.61. The SMILES string of the molecule is C.CC1CCC(=O)C1. The molecule has 1 heteroatoms. The highest BCUT2D eigenvalue weighted by atomic mass is 16.1. The summed E-state index contributed by atoms with van der Waals surface area (Å²) < 4.78 is 0. The summed E-state index contributed by atoms with van der Waals surface area (Å²) >= 11 is 0. The number of hydrogen-bond acceptors (Lipinski definition) is 1. The maximum Gasteiger partial charge on any atom is 0.133 e. The van der Waals surface area contributed by atoms with Gasteiger partial charge in [-0.05, 0) is 12.3 Å². The van der Waals surface area contributed by atoms with Crippen LogP contribution in [-0.2, 0) is 4.79 Å². The standard InChI is InChI=1S/C6H10O.CH4/c1-5-2-3-6(7)4-5;/h5H,2-4H2,1H3;1H4. The highest BCUT2D eigenvalue weighted by Gasteiger charge is 2.16. The van der Waals surface area contributed by atoms with Gasteiger partial charge in [0.2, 0.25) is 0 Å². The summed E-state index contributed by atoms with van der Waals surface area (Å²) in [6.07, 6.45) is 2.79. The fourth-order valence-corrected chi connectivity index (χ4v) is 1.00. The van der Waals surface area contributed by atoms with Crippen LogP contribution < -0.4 is 0 Å². The molecule has 0 spiro atoms. The second-order valence-electron chi connectivity index (χ2n) is 2.39. The van der Waals surface area contributed by atoms with E-state index in [4.69, 9.17) is 0 Å². The Kier molecular flexibility index (Phi) is 2.74. The van der Waals surface area contributed by atoms with E-state index in [1.807, 2.05) is 0 Å². The molecule has 1 aliphatic rings. The molecule has 1 nitrogen and oxygen atoms in total. The summed E-state index contributed by atoms with van der Waals surface area (Å²) in [7, 11) is 0. The van der Waals surface area contributed by atoms with Gasteiger partial charge in [0.05, 0.1) is 0 Å². The van der Waals surface area contributed by atoms with Crippen LogP contribution >= 0.6 is 0 Å². The van der Waals surface area contributed by atoms with Crippen molar-refractivity contribution in [2.75, 3.05) is 0 Å². The Hall–Kier alpha value is -0.330. The van der Waals surface area contributed by atoms with Crippen LogP contribution in [0.2, 0.25) is 0 Å². The maximum atomic E-state index is 10.5. The van der Waals surface area contributed by atoms with E-state index in [9.17, 15) is 4.79 Å². The molecule has 0 aliphatic heterocycles. The first-order chi connectivity index (χ1) is 3.29. The molecule has 0 saturated heterocycles. The Morgan fingerprint density at radius 2 is 2.25 bits per heavy atom.